The number of hydrogen-bond donors (Lipinski definition) is 1. The number of anilines is 1. The molecule has 1 fully saturated rings. The molecule has 0 aromatic heterocycles. The van der Waals surface area contributed by atoms with Gasteiger partial charge in [0.05, 0.1) is 0 Å². The van der Waals surface area contributed by atoms with Crippen molar-refractivity contribution in [2.75, 3.05) is 31.5 Å². The number of halogens is 1. The molecule has 1 heterocycles. The Morgan fingerprint density at radius 2 is 1.70 bits per heavy atom. The third-order valence-electron chi connectivity index (χ3n) is 3.05. The van der Waals surface area contributed by atoms with Crippen LogP contribution in [0.4, 0.5) is 5.69 Å². The van der Waals surface area contributed by atoms with Crippen LogP contribution >= 0.6 is 22.6 Å². The number of amides is 3. The van der Waals surface area contributed by atoms with E-state index in [0.717, 1.165) is 9.98 Å². The normalized spacial score (nSPS) is 14.8. The van der Waals surface area contributed by atoms with E-state index in [2.05, 4.69) is 27.9 Å². The van der Waals surface area contributed by atoms with Gasteiger partial charge in [-0.25, -0.2) is 0 Å². The van der Waals surface area contributed by atoms with Crippen LogP contribution in [0.2, 0.25) is 0 Å². The lowest BCUT2D eigenvalue weighted by Gasteiger charge is -2.31. The van der Waals surface area contributed by atoms with Crippen LogP contribution in [0.25, 0.3) is 0 Å². The number of carbonyl (C=O) groups is 3. The molecule has 6 nitrogen and oxygen atoms in total. The van der Waals surface area contributed by atoms with Gasteiger partial charge in [0.15, 0.2) is 0 Å². The zero-order valence-corrected chi connectivity index (χ0v) is 12.9. The van der Waals surface area contributed by atoms with Gasteiger partial charge in [-0.2, -0.15) is 0 Å². The molecule has 0 unspecified atom stereocenters. The molecule has 0 spiro atoms. The van der Waals surface area contributed by atoms with Crippen molar-refractivity contribution >= 4 is 46.5 Å². The molecule has 1 aliphatic rings. The van der Waals surface area contributed by atoms with E-state index in [4.69, 9.17) is 0 Å². The molecule has 1 aromatic rings. The summed E-state index contributed by atoms with van der Waals surface area (Å²) in [6, 6.07) is 7.20. The van der Waals surface area contributed by atoms with Crippen LogP contribution in [0.15, 0.2) is 24.3 Å². The summed E-state index contributed by atoms with van der Waals surface area (Å²) in [6.07, 6.45) is 0.757. The molecule has 1 saturated heterocycles. The van der Waals surface area contributed by atoms with Gasteiger partial charge in [0.1, 0.15) is 0 Å². The topological polar surface area (TPSA) is 69.7 Å². The first-order valence-corrected chi connectivity index (χ1v) is 7.23. The van der Waals surface area contributed by atoms with E-state index in [0.29, 0.717) is 31.9 Å². The van der Waals surface area contributed by atoms with Crippen molar-refractivity contribution in [3.05, 3.63) is 27.8 Å². The summed E-state index contributed by atoms with van der Waals surface area (Å²) in [5, 5.41) is 2.57. The van der Waals surface area contributed by atoms with Gasteiger partial charge in [0, 0.05) is 35.4 Å². The van der Waals surface area contributed by atoms with Gasteiger partial charge < -0.3 is 15.1 Å². The van der Waals surface area contributed by atoms with Crippen LogP contribution < -0.4 is 5.32 Å². The van der Waals surface area contributed by atoms with Crippen molar-refractivity contribution in [1.29, 1.82) is 0 Å². The summed E-state index contributed by atoms with van der Waals surface area (Å²) in [7, 11) is 0. The van der Waals surface area contributed by atoms with Crippen molar-refractivity contribution in [3.63, 3.8) is 0 Å². The first-order chi connectivity index (χ1) is 9.60. The van der Waals surface area contributed by atoms with Gasteiger partial charge in [0.25, 0.3) is 0 Å². The second kappa shape index (κ2) is 6.69. The lowest BCUT2D eigenvalue weighted by molar-refractivity contribution is -0.144. The molecule has 1 aromatic carbocycles. The van der Waals surface area contributed by atoms with Crippen LogP contribution in [0.3, 0.4) is 0 Å². The number of benzene rings is 1. The molecule has 3 amide bonds. The smallest absolute Gasteiger partial charge is 0.313 e. The Kier molecular flexibility index (Phi) is 4.94. The molecule has 7 heteroatoms. The number of carbonyl (C=O) groups excluding carboxylic acids is 3. The predicted molar refractivity (Wildman–Crippen MR) is 82.0 cm³/mol. The highest BCUT2D eigenvalue weighted by Crippen LogP contribution is 2.11. The predicted octanol–water partition coefficient (Wildman–Crippen LogP) is 0.530. The van der Waals surface area contributed by atoms with Crippen LogP contribution in [0.5, 0.6) is 0 Å². The molecule has 20 heavy (non-hydrogen) atoms. The van der Waals surface area contributed by atoms with E-state index >= 15 is 0 Å². The van der Waals surface area contributed by atoms with Crippen molar-refractivity contribution < 1.29 is 14.4 Å². The number of nitrogens with one attached hydrogen (secondary N) is 1. The Morgan fingerprint density at radius 3 is 2.25 bits per heavy atom. The van der Waals surface area contributed by atoms with Crippen molar-refractivity contribution in [3.8, 4) is 0 Å². The van der Waals surface area contributed by atoms with Crippen LogP contribution in [0, 0.1) is 3.57 Å². The van der Waals surface area contributed by atoms with E-state index in [1.807, 2.05) is 12.1 Å². The summed E-state index contributed by atoms with van der Waals surface area (Å²) in [5.74, 6) is -1.21. The second-order valence-electron chi connectivity index (χ2n) is 4.39. The van der Waals surface area contributed by atoms with Crippen LogP contribution in [-0.2, 0) is 14.4 Å². The maximum absolute atomic E-state index is 12.0. The molecule has 0 saturated carbocycles. The molecule has 1 aliphatic heterocycles. The number of nitrogens with zero attached hydrogens (tertiary/aromatic N) is 2. The highest BCUT2D eigenvalue weighted by atomic mass is 127. The van der Waals surface area contributed by atoms with Crippen LogP contribution in [0.1, 0.15) is 0 Å². The van der Waals surface area contributed by atoms with Gasteiger partial charge >= 0.3 is 11.8 Å². The molecule has 0 radical (unpaired) electrons. The Bertz CT molecular complexity index is 510. The highest BCUT2D eigenvalue weighted by molar-refractivity contribution is 14.1. The molecular formula is C13H14IN3O3. The number of hydrogen-bond acceptors (Lipinski definition) is 3. The first-order valence-electron chi connectivity index (χ1n) is 6.15. The second-order valence-corrected chi connectivity index (χ2v) is 5.64. The van der Waals surface area contributed by atoms with E-state index in [-0.39, 0.29) is 0 Å². The standard InChI is InChI=1S/C13H14IN3O3/c14-10-1-3-11(4-2-10)15-12(19)13(20)17-7-5-16(9-18)6-8-17/h1-4,9H,5-8H2,(H,15,19). The monoisotopic (exact) mass is 387 g/mol. The largest absolute Gasteiger partial charge is 0.342 e. The quantitative estimate of drug-likeness (QED) is 0.458. The molecule has 0 atom stereocenters. The fraction of sp³-hybridized carbons (Fsp3) is 0.308. The molecule has 2 rings (SSSR count). The fourth-order valence-corrected chi connectivity index (χ4v) is 2.25. The summed E-state index contributed by atoms with van der Waals surface area (Å²) >= 11 is 2.16. The van der Waals surface area contributed by atoms with E-state index in [1.165, 1.54) is 4.90 Å². The third kappa shape index (κ3) is 3.69. The lowest BCUT2D eigenvalue weighted by atomic mass is 10.3. The van der Waals surface area contributed by atoms with Gasteiger partial charge in [0.2, 0.25) is 6.41 Å². The zero-order valence-electron chi connectivity index (χ0n) is 10.7. The fourth-order valence-electron chi connectivity index (χ4n) is 1.89. The minimum atomic E-state index is -0.647. The molecule has 0 bridgehead atoms. The third-order valence-corrected chi connectivity index (χ3v) is 3.77. The average Bonchev–Trinajstić information content (AvgIpc) is 2.49. The average molecular weight is 387 g/mol. The molecular weight excluding hydrogens is 373 g/mol. The zero-order chi connectivity index (χ0) is 14.5. The van der Waals surface area contributed by atoms with E-state index < -0.39 is 11.8 Å². The van der Waals surface area contributed by atoms with Gasteiger partial charge in [-0.1, -0.05) is 0 Å². The summed E-state index contributed by atoms with van der Waals surface area (Å²) in [5.41, 5.74) is 0.593. The number of rotatable bonds is 2. The number of piperazine rings is 1. The summed E-state index contributed by atoms with van der Waals surface area (Å²) in [6.45, 7) is 1.70. The maximum atomic E-state index is 12.0. The van der Waals surface area contributed by atoms with Crippen LogP contribution in [-0.4, -0.2) is 54.2 Å². The van der Waals surface area contributed by atoms with Crippen molar-refractivity contribution in [2.45, 2.75) is 0 Å². The Balaban J connectivity index is 1.90. The minimum Gasteiger partial charge on any atom is -0.342 e. The molecule has 0 aliphatic carbocycles. The Labute approximate surface area is 130 Å². The lowest BCUT2D eigenvalue weighted by Crippen LogP contribution is -2.51. The first kappa shape index (κ1) is 14.8. The van der Waals surface area contributed by atoms with Gasteiger partial charge in [-0.05, 0) is 46.9 Å². The maximum Gasteiger partial charge on any atom is 0.313 e. The van der Waals surface area contributed by atoms with E-state index in [9.17, 15) is 14.4 Å². The minimum absolute atomic E-state index is 0.387. The SMILES string of the molecule is O=CN1CCN(C(=O)C(=O)Nc2ccc(I)cc2)CC1. The Hall–Kier alpha value is -1.64. The highest BCUT2D eigenvalue weighted by Gasteiger charge is 2.25. The molecule has 106 valence electrons. The molecule has 1 N–H and O–H groups in total. The summed E-state index contributed by atoms with van der Waals surface area (Å²) < 4.78 is 1.05. The van der Waals surface area contributed by atoms with Gasteiger partial charge in [-0.3, -0.25) is 14.4 Å². The van der Waals surface area contributed by atoms with E-state index in [1.54, 1.807) is 17.0 Å². The van der Waals surface area contributed by atoms with Crippen molar-refractivity contribution in [2.24, 2.45) is 0 Å². The van der Waals surface area contributed by atoms with Gasteiger partial charge in [-0.15, -0.1) is 0 Å². The Morgan fingerprint density at radius 1 is 1.10 bits per heavy atom. The van der Waals surface area contributed by atoms with Crippen molar-refractivity contribution in [1.82, 2.24) is 9.80 Å². The summed E-state index contributed by atoms with van der Waals surface area (Å²) in [4.78, 5) is 37.5.